The third kappa shape index (κ3) is 2.56. The second-order valence-electron chi connectivity index (χ2n) is 8.71. The van der Waals surface area contributed by atoms with Gasteiger partial charge >= 0.3 is 0 Å². The Bertz CT molecular complexity index is 1130. The number of hydrogen-bond acceptors (Lipinski definition) is 3. The molecule has 0 aromatic heterocycles. The zero-order valence-electron chi connectivity index (χ0n) is 17.9. The van der Waals surface area contributed by atoms with E-state index in [0.29, 0.717) is 6.61 Å². The van der Waals surface area contributed by atoms with Crippen LogP contribution in [-0.4, -0.2) is 12.8 Å². The molecule has 2 N–H and O–H groups in total. The van der Waals surface area contributed by atoms with Gasteiger partial charge in [-0.25, -0.2) is 0 Å². The summed E-state index contributed by atoms with van der Waals surface area (Å²) >= 11 is 0. The number of rotatable bonds is 4. The Balaban J connectivity index is 1.75. The maximum Gasteiger partial charge on any atom is 0.153 e. The molecule has 1 fully saturated rings. The number of para-hydroxylation sites is 1. The molecule has 6 rings (SSSR count). The second-order valence-corrected chi connectivity index (χ2v) is 8.71. The highest BCUT2D eigenvalue weighted by Crippen LogP contribution is 2.56. The summed E-state index contributed by atoms with van der Waals surface area (Å²) in [5.41, 5.74) is 11.8. The first-order valence-corrected chi connectivity index (χ1v) is 11.2. The molecule has 0 spiro atoms. The highest BCUT2D eigenvalue weighted by molar-refractivity contribution is 5.71. The zero-order chi connectivity index (χ0) is 21.6. The minimum atomic E-state index is -0.601. The summed E-state index contributed by atoms with van der Waals surface area (Å²) in [6.45, 7) is 0.653. The first kappa shape index (κ1) is 19.3. The summed E-state index contributed by atoms with van der Waals surface area (Å²) in [5, 5.41) is 0. The molecular formula is C29H26N2O. The number of nitrogens with zero attached hydrogens (tertiary/aromatic N) is 1. The third-order valence-electron chi connectivity index (χ3n) is 7.07. The molecule has 0 unspecified atom stereocenters. The molecule has 158 valence electrons. The predicted molar refractivity (Wildman–Crippen MR) is 128 cm³/mol. The molecule has 0 amide bonds. The van der Waals surface area contributed by atoms with Crippen LogP contribution >= 0.6 is 0 Å². The van der Waals surface area contributed by atoms with Crippen LogP contribution in [0.25, 0.3) is 0 Å². The van der Waals surface area contributed by atoms with Gasteiger partial charge in [0.1, 0.15) is 5.54 Å². The predicted octanol–water partition coefficient (Wildman–Crippen LogP) is 5.40. The van der Waals surface area contributed by atoms with E-state index in [9.17, 15) is 0 Å². The van der Waals surface area contributed by atoms with E-state index in [1.807, 2.05) is 0 Å². The summed E-state index contributed by atoms with van der Waals surface area (Å²) in [7, 11) is 0. The lowest BCUT2D eigenvalue weighted by Crippen LogP contribution is -2.57. The maximum atomic E-state index is 7.13. The standard InChI is InChI=1S/C29H26N2O/c30-28-20-21-32-27(28)31(26-19-11-10-18-25(26)28)29(22-12-4-1-5-13-22,23-14-6-2-7-15-23)24-16-8-3-9-17-24/h1-19,27H,20-21,30H2/t27-,28+/m1/s1. The van der Waals surface area contributed by atoms with Gasteiger partial charge in [-0.15, -0.1) is 0 Å². The van der Waals surface area contributed by atoms with E-state index in [4.69, 9.17) is 10.5 Å². The van der Waals surface area contributed by atoms with Crippen molar-refractivity contribution >= 4 is 5.69 Å². The van der Waals surface area contributed by atoms with Crippen LogP contribution in [-0.2, 0) is 15.8 Å². The van der Waals surface area contributed by atoms with Gasteiger partial charge in [0, 0.05) is 11.3 Å². The molecule has 2 atom stereocenters. The van der Waals surface area contributed by atoms with Gasteiger partial charge in [-0.2, -0.15) is 0 Å². The first-order chi connectivity index (χ1) is 15.8. The molecular weight excluding hydrogens is 392 g/mol. The van der Waals surface area contributed by atoms with Crippen molar-refractivity contribution in [3.63, 3.8) is 0 Å². The second kappa shape index (κ2) is 7.33. The van der Waals surface area contributed by atoms with Crippen LogP contribution in [0, 0.1) is 0 Å². The summed E-state index contributed by atoms with van der Waals surface area (Å²) in [5.74, 6) is 0. The van der Waals surface area contributed by atoms with Crippen molar-refractivity contribution < 1.29 is 4.74 Å². The fourth-order valence-corrected chi connectivity index (χ4v) is 5.70. The van der Waals surface area contributed by atoms with Gasteiger partial charge < -0.3 is 15.4 Å². The summed E-state index contributed by atoms with van der Waals surface area (Å²) < 4.78 is 6.45. The molecule has 2 aliphatic heterocycles. The fourth-order valence-electron chi connectivity index (χ4n) is 5.70. The number of anilines is 1. The molecule has 0 aliphatic carbocycles. The normalized spacial score (nSPS) is 21.9. The van der Waals surface area contributed by atoms with Gasteiger partial charge in [-0.1, -0.05) is 109 Å². The van der Waals surface area contributed by atoms with E-state index in [0.717, 1.165) is 17.7 Å². The molecule has 0 saturated carbocycles. The van der Waals surface area contributed by atoms with E-state index in [1.54, 1.807) is 0 Å². The van der Waals surface area contributed by atoms with Crippen LogP contribution < -0.4 is 10.6 Å². The number of ether oxygens (including phenoxy) is 1. The van der Waals surface area contributed by atoms with Crippen molar-refractivity contribution in [3.8, 4) is 0 Å². The van der Waals surface area contributed by atoms with Gasteiger partial charge in [0.15, 0.2) is 6.23 Å². The van der Waals surface area contributed by atoms with E-state index in [2.05, 4.69) is 120 Å². The van der Waals surface area contributed by atoms with Crippen molar-refractivity contribution in [1.82, 2.24) is 0 Å². The molecule has 3 heteroatoms. The monoisotopic (exact) mass is 418 g/mol. The molecule has 0 radical (unpaired) electrons. The Hall–Kier alpha value is -3.40. The average molecular weight is 419 g/mol. The van der Waals surface area contributed by atoms with Gasteiger partial charge in [-0.05, 0) is 29.2 Å². The lowest BCUT2D eigenvalue weighted by molar-refractivity contribution is 0.0736. The van der Waals surface area contributed by atoms with Gasteiger partial charge in [0.05, 0.1) is 12.1 Å². The van der Waals surface area contributed by atoms with Crippen molar-refractivity contribution in [1.29, 1.82) is 0 Å². The first-order valence-electron chi connectivity index (χ1n) is 11.2. The van der Waals surface area contributed by atoms with E-state index >= 15 is 0 Å². The van der Waals surface area contributed by atoms with Gasteiger partial charge in [-0.3, -0.25) is 0 Å². The van der Waals surface area contributed by atoms with Gasteiger partial charge in [0.25, 0.3) is 0 Å². The Labute approximate surface area is 189 Å². The summed E-state index contributed by atoms with van der Waals surface area (Å²) in [6, 6.07) is 40.7. The maximum absolute atomic E-state index is 7.13. The van der Waals surface area contributed by atoms with E-state index < -0.39 is 11.1 Å². The number of fused-ring (bicyclic) bond motifs is 3. The van der Waals surface area contributed by atoms with Crippen molar-refractivity contribution in [3.05, 3.63) is 138 Å². The highest BCUT2D eigenvalue weighted by atomic mass is 16.5. The topological polar surface area (TPSA) is 38.5 Å². The molecule has 2 heterocycles. The van der Waals surface area contributed by atoms with Crippen LogP contribution in [0.5, 0.6) is 0 Å². The minimum Gasteiger partial charge on any atom is -0.356 e. The third-order valence-corrected chi connectivity index (χ3v) is 7.07. The Kier molecular flexibility index (Phi) is 4.42. The highest BCUT2D eigenvalue weighted by Gasteiger charge is 2.59. The fraction of sp³-hybridized carbons (Fsp3) is 0.172. The summed E-state index contributed by atoms with van der Waals surface area (Å²) in [6.07, 6.45) is 0.542. The zero-order valence-corrected chi connectivity index (χ0v) is 17.9. The number of nitrogens with two attached hydrogens (primary N) is 1. The SMILES string of the molecule is N[C@]12CCO[C@H]1N(C(c1ccccc1)(c1ccccc1)c1ccccc1)c1ccccc12. The lowest BCUT2D eigenvalue weighted by atomic mass is 9.75. The van der Waals surface area contributed by atoms with Crippen LogP contribution in [0.1, 0.15) is 28.7 Å². The molecule has 1 saturated heterocycles. The molecule has 4 aromatic rings. The average Bonchev–Trinajstić information content (AvgIpc) is 3.36. The summed E-state index contributed by atoms with van der Waals surface area (Å²) in [4.78, 5) is 2.44. The van der Waals surface area contributed by atoms with E-state index in [-0.39, 0.29) is 6.23 Å². The molecule has 3 nitrogen and oxygen atoms in total. The van der Waals surface area contributed by atoms with Crippen LogP contribution in [0.2, 0.25) is 0 Å². The van der Waals surface area contributed by atoms with E-state index in [1.165, 1.54) is 16.7 Å². The number of benzene rings is 4. The largest absolute Gasteiger partial charge is 0.356 e. The molecule has 0 bridgehead atoms. The quantitative estimate of drug-likeness (QED) is 0.451. The van der Waals surface area contributed by atoms with Gasteiger partial charge in [0.2, 0.25) is 0 Å². The lowest BCUT2D eigenvalue weighted by Gasteiger charge is -2.48. The van der Waals surface area contributed by atoms with Crippen LogP contribution in [0.3, 0.4) is 0 Å². The van der Waals surface area contributed by atoms with Crippen LogP contribution in [0.4, 0.5) is 5.69 Å². The van der Waals surface area contributed by atoms with Crippen molar-refractivity contribution in [2.45, 2.75) is 23.7 Å². The Morgan fingerprint density at radius 2 is 1.16 bits per heavy atom. The Morgan fingerprint density at radius 3 is 1.69 bits per heavy atom. The number of hydrogen-bond donors (Lipinski definition) is 1. The molecule has 4 aromatic carbocycles. The molecule has 2 aliphatic rings. The Morgan fingerprint density at radius 1 is 0.688 bits per heavy atom. The molecule has 32 heavy (non-hydrogen) atoms. The van der Waals surface area contributed by atoms with Crippen molar-refractivity contribution in [2.75, 3.05) is 11.5 Å². The smallest absolute Gasteiger partial charge is 0.153 e. The van der Waals surface area contributed by atoms with Crippen molar-refractivity contribution in [2.24, 2.45) is 5.73 Å². The van der Waals surface area contributed by atoms with Crippen LogP contribution in [0.15, 0.2) is 115 Å². The minimum absolute atomic E-state index is 0.263.